The molecule has 0 aliphatic heterocycles. The number of nitrogens with two attached hydrogens (primary N) is 2. The molecule has 0 unspecified atom stereocenters. The van der Waals surface area contributed by atoms with E-state index in [9.17, 15) is 22.8 Å². The number of alkyl halides is 3. The Balaban J connectivity index is 2.48. The molecule has 1 aromatic carbocycles. The number of ether oxygens (including phenoxy) is 1. The van der Waals surface area contributed by atoms with Crippen molar-refractivity contribution < 1.29 is 27.5 Å². The molecule has 2 rings (SSSR count). The van der Waals surface area contributed by atoms with Crippen LogP contribution in [-0.4, -0.2) is 34.4 Å². The minimum Gasteiger partial charge on any atom is -0.493 e. The first kappa shape index (κ1) is 18.6. The van der Waals surface area contributed by atoms with Crippen molar-refractivity contribution in [3.8, 4) is 5.75 Å². The topological polar surface area (TPSA) is 113 Å². The zero-order valence-corrected chi connectivity index (χ0v) is 13.6. The number of carbonyl (C=O) groups is 2. The lowest BCUT2D eigenvalue weighted by Crippen LogP contribution is -2.41. The third kappa shape index (κ3) is 3.83. The average Bonchev–Trinajstić information content (AvgIpc) is 2.85. The summed E-state index contributed by atoms with van der Waals surface area (Å²) < 4.78 is 43.0. The van der Waals surface area contributed by atoms with Gasteiger partial charge in [0.15, 0.2) is 5.69 Å². The first-order valence-corrected chi connectivity index (χ1v) is 7.26. The summed E-state index contributed by atoms with van der Waals surface area (Å²) in [6.07, 6.45) is -5.44. The van der Waals surface area contributed by atoms with Crippen molar-refractivity contribution in [3.63, 3.8) is 0 Å². The van der Waals surface area contributed by atoms with Crippen molar-refractivity contribution in [2.24, 2.45) is 11.5 Å². The number of hydrogen-bond donors (Lipinski definition) is 2. The Bertz CT molecular complexity index is 827. The molecule has 1 aromatic heterocycles. The largest absolute Gasteiger partial charge is 0.493 e. The second-order valence-electron chi connectivity index (χ2n) is 5.94. The maximum Gasteiger partial charge on any atom is 0.392 e. The zero-order valence-electron chi connectivity index (χ0n) is 13.6. The quantitative estimate of drug-likeness (QED) is 0.818. The summed E-state index contributed by atoms with van der Waals surface area (Å²) in [5.74, 6) is -1.39. The number of primary amides is 2. The van der Waals surface area contributed by atoms with Gasteiger partial charge in [-0.1, -0.05) is 0 Å². The van der Waals surface area contributed by atoms with Crippen LogP contribution in [0.2, 0.25) is 0 Å². The molecule has 10 heteroatoms. The van der Waals surface area contributed by atoms with Crippen molar-refractivity contribution in [2.45, 2.75) is 32.0 Å². The number of carbonyl (C=O) groups excluding carboxylic acids is 2. The van der Waals surface area contributed by atoms with Crippen LogP contribution in [0.4, 0.5) is 13.2 Å². The van der Waals surface area contributed by atoms with Crippen molar-refractivity contribution in [1.29, 1.82) is 0 Å². The molecule has 0 aliphatic rings. The van der Waals surface area contributed by atoms with E-state index in [1.54, 1.807) is 0 Å². The third-order valence-corrected chi connectivity index (χ3v) is 3.67. The van der Waals surface area contributed by atoms with E-state index in [0.717, 1.165) is 0 Å². The summed E-state index contributed by atoms with van der Waals surface area (Å²) in [5, 5.41) is 4.39. The molecule has 0 saturated heterocycles. The highest BCUT2D eigenvalue weighted by molar-refractivity contribution is 6.04. The lowest BCUT2D eigenvalue weighted by Gasteiger charge is -2.22. The van der Waals surface area contributed by atoms with Gasteiger partial charge in [-0.2, -0.15) is 18.3 Å². The van der Waals surface area contributed by atoms with Crippen LogP contribution in [0.5, 0.6) is 5.75 Å². The molecule has 0 atom stereocenters. The Morgan fingerprint density at radius 3 is 2.40 bits per heavy atom. The molecule has 0 bridgehead atoms. The number of nitrogens with zero attached hydrogens (tertiary/aromatic N) is 2. The predicted molar refractivity (Wildman–Crippen MR) is 82.9 cm³/mol. The van der Waals surface area contributed by atoms with E-state index in [-0.39, 0.29) is 11.4 Å². The van der Waals surface area contributed by atoms with Crippen molar-refractivity contribution in [3.05, 3.63) is 23.9 Å². The molecule has 2 amide bonds. The maximum atomic E-state index is 12.2. The van der Waals surface area contributed by atoms with Gasteiger partial charge in [-0.15, -0.1) is 0 Å². The van der Waals surface area contributed by atoms with E-state index in [1.165, 1.54) is 36.7 Å². The maximum absolute atomic E-state index is 12.2. The molecule has 0 saturated carbocycles. The van der Waals surface area contributed by atoms with Crippen molar-refractivity contribution in [2.75, 3.05) is 6.61 Å². The Morgan fingerprint density at radius 2 is 1.88 bits per heavy atom. The van der Waals surface area contributed by atoms with E-state index < -0.39 is 36.6 Å². The van der Waals surface area contributed by atoms with Crippen molar-refractivity contribution >= 4 is 22.7 Å². The smallest absolute Gasteiger partial charge is 0.392 e. The van der Waals surface area contributed by atoms with Crippen LogP contribution in [0.1, 0.15) is 30.8 Å². The molecular weight excluding hydrogens is 341 g/mol. The number of halogens is 3. The van der Waals surface area contributed by atoms with Gasteiger partial charge in [0.2, 0.25) is 5.91 Å². The van der Waals surface area contributed by atoms with Gasteiger partial charge in [0.05, 0.1) is 18.5 Å². The molecule has 7 nitrogen and oxygen atoms in total. The lowest BCUT2D eigenvalue weighted by atomic mass is 10.0. The van der Waals surface area contributed by atoms with Crippen LogP contribution >= 0.6 is 0 Å². The number of amides is 2. The van der Waals surface area contributed by atoms with Crippen molar-refractivity contribution in [1.82, 2.24) is 9.78 Å². The first-order chi connectivity index (χ1) is 11.4. The number of fused-ring (bicyclic) bond motifs is 1. The summed E-state index contributed by atoms with van der Waals surface area (Å²) in [4.78, 5) is 23.3. The zero-order chi connectivity index (χ0) is 19.0. The highest BCUT2D eigenvalue weighted by atomic mass is 19.4. The fourth-order valence-electron chi connectivity index (χ4n) is 2.18. The third-order valence-electron chi connectivity index (χ3n) is 3.67. The predicted octanol–water partition coefficient (Wildman–Crippen LogP) is 1.69. The Hall–Kier alpha value is -2.78. The normalized spacial score (nSPS) is 12.4. The van der Waals surface area contributed by atoms with Crippen LogP contribution in [-0.2, 0) is 10.3 Å². The van der Waals surface area contributed by atoms with Gasteiger partial charge < -0.3 is 16.2 Å². The van der Waals surface area contributed by atoms with Crippen LogP contribution in [0.3, 0.4) is 0 Å². The molecule has 0 spiro atoms. The number of benzene rings is 1. The number of aromatic nitrogens is 2. The first-order valence-electron chi connectivity index (χ1n) is 7.26. The van der Waals surface area contributed by atoms with Crippen LogP contribution in [0.15, 0.2) is 18.2 Å². The summed E-state index contributed by atoms with van der Waals surface area (Å²) in [6.45, 7) is 2.42. The van der Waals surface area contributed by atoms with E-state index in [2.05, 4.69) is 5.10 Å². The van der Waals surface area contributed by atoms with Gasteiger partial charge >= 0.3 is 6.18 Å². The van der Waals surface area contributed by atoms with Gasteiger partial charge in [0.1, 0.15) is 11.3 Å². The molecule has 2 aromatic rings. The van der Waals surface area contributed by atoms with E-state index in [4.69, 9.17) is 16.2 Å². The summed E-state index contributed by atoms with van der Waals surface area (Å²) >= 11 is 0. The van der Waals surface area contributed by atoms with Gasteiger partial charge in [-0.3, -0.25) is 9.59 Å². The molecule has 4 N–H and O–H groups in total. The van der Waals surface area contributed by atoms with Crippen LogP contribution in [0, 0.1) is 0 Å². The number of hydrogen-bond acceptors (Lipinski definition) is 4. The molecule has 1 heterocycles. The highest BCUT2D eigenvalue weighted by Gasteiger charge is 2.32. The Morgan fingerprint density at radius 1 is 1.24 bits per heavy atom. The van der Waals surface area contributed by atoms with E-state index >= 15 is 0 Å². The second-order valence-corrected chi connectivity index (χ2v) is 5.94. The molecule has 136 valence electrons. The molecule has 0 fully saturated rings. The van der Waals surface area contributed by atoms with Gasteiger partial charge in [-0.25, -0.2) is 4.68 Å². The van der Waals surface area contributed by atoms with Crippen LogP contribution < -0.4 is 16.2 Å². The second kappa shape index (κ2) is 6.26. The van der Waals surface area contributed by atoms with Gasteiger partial charge in [0.25, 0.3) is 5.91 Å². The Labute approximate surface area is 140 Å². The summed E-state index contributed by atoms with van der Waals surface area (Å²) in [7, 11) is 0. The van der Waals surface area contributed by atoms with E-state index in [1.807, 2.05) is 0 Å². The summed E-state index contributed by atoms with van der Waals surface area (Å²) in [5.41, 5.74) is 9.58. The average molecular weight is 358 g/mol. The Kier molecular flexibility index (Phi) is 4.65. The fourth-order valence-corrected chi connectivity index (χ4v) is 2.18. The monoisotopic (exact) mass is 358 g/mol. The minimum atomic E-state index is -4.33. The molecule has 25 heavy (non-hydrogen) atoms. The summed E-state index contributed by atoms with van der Waals surface area (Å²) in [6, 6.07) is 4.23. The molecule has 0 radical (unpaired) electrons. The lowest BCUT2D eigenvalue weighted by molar-refractivity contribution is -0.139. The fraction of sp³-hybridized carbons (Fsp3) is 0.400. The van der Waals surface area contributed by atoms with E-state index in [0.29, 0.717) is 10.9 Å². The van der Waals surface area contributed by atoms with Gasteiger partial charge in [0, 0.05) is 11.5 Å². The highest BCUT2D eigenvalue weighted by Crippen LogP contribution is 2.29. The molecular formula is C15H17F3N4O3. The van der Waals surface area contributed by atoms with Crippen LogP contribution in [0.25, 0.3) is 10.9 Å². The standard InChI is InChI=1S/C15H17F3N4O3/c1-14(2,13(20)24)22-10-7-8(25-6-5-15(16,17)18)3-4-9(10)11(21-22)12(19)23/h3-4,7H,5-6H2,1-2H3,(H2,19,23)(H2,20,24). The molecule has 0 aliphatic carbocycles. The minimum absolute atomic E-state index is 0.0776. The van der Waals surface area contributed by atoms with Gasteiger partial charge in [-0.05, 0) is 26.0 Å². The SMILES string of the molecule is CC(C)(C(N)=O)n1nc(C(N)=O)c2ccc(OCCC(F)(F)F)cc21. The number of rotatable bonds is 6.